The third kappa shape index (κ3) is 6.90. The van der Waals surface area contributed by atoms with Crippen LogP contribution in [-0.2, 0) is 14.6 Å². The average Bonchev–Trinajstić information content (AvgIpc) is 2.84. The Kier molecular flexibility index (Phi) is 7.19. The molecule has 1 amide bonds. The number of benzene rings is 1. The molecule has 1 aliphatic rings. The number of carbonyl (C=O) groups excluding carboxylic acids is 1. The molecule has 2 atom stereocenters. The molecule has 1 aliphatic heterocycles. The SMILES string of the molecule is Cc1cc(C)cc(OCCCSC(C)C(=O)NC2CCS(=O)(=O)C2)c1. The van der Waals surface area contributed by atoms with Crippen molar-refractivity contribution in [3.05, 3.63) is 29.3 Å². The van der Waals surface area contributed by atoms with Gasteiger partial charge < -0.3 is 10.1 Å². The molecule has 1 fully saturated rings. The van der Waals surface area contributed by atoms with Gasteiger partial charge in [-0.15, -0.1) is 11.8 Å². The van der Waals surface area contributed by atoms with E-state index in [4.69, 9.17) is 4.74 Å². The van der Waals surface area contributed by atoms with Crippen LogP contribution in [-0.4, -0.2) is 49.5 Å². The molecule has 1 saturated heterocycles. The largest absolute Gasteiger partial charge is 0.494 e. The van der Waals surface area contributed by atoms with Gasteiger partial charge in [0.25, 0.3) is 0 Å². The van der Waals surface area contributed by atoms with Crippen molar-refractivity contribution in [3.8, 4) is 5.75 Å². The highest BCUT2D eigenvalue weighted by Gasteiger charge is 2.29. The van der Waals surface area contributed by atoms with E-state index in [1.54, 1.807) is 11.8 Å². The fourth-order valence-electron chi connectivity index (χ4n) is 2.83. The van der Waals surface area contributed by atoms with E-state index in [9.17, 15) is 13.2 Å². The Hall–Kier alpha value is -1.21. The first kappa shape index (κ1) is 20.1. The molecule has 0 spiro atoms. The summed E-state index contributed by atoms with van der Waals surface area (Å²) >= 11 is 1.57. The number of sulfone groups is 1. The van der Waals surface area contributed by atoms with E-state index in [2.05, 4.69) is 11.4 Å². The maximum atomic E-state index is 12.1. The van der Waals surface area contributed by atoms with Crippen LogP contribution in [0.2, 0.25) is 0 Å². The first-order valence-electron chi connectivity index (χ1n) is 8.59. The minimum Gasteiger partial charge on any atom is -0.494 e. The maximum Gasteiger partial charge on any atom is 0.233 e. The van der Waals surface area contributed by atoms with E-state index in [0.717, 1.165) is 17.9 Å². The van der Waals surface area contributed by atoms with Gasteiger partial charge in [-0.25, -0.2) is 8.42 Å². The van der Waals surface area contributed by atoms with Gasteiger partial charge in [-0.3, -0.25) is 4.79 Å². The van der Waals surface area contributed by atoms with Crippen molar-refractivity contribution >= 4 is 27.5 Å². The summed E-state index contributed by atoms with van der Waals surface area (Å²) in [7, 11) is -2.96. The zero-order valence-electron chi connectivity index (χ0n) is 15.1. The van der Waals surface area contributed by atoms with E-state index in [1.807, 2.05) is 32.9 Å². The standard InChI is InChI=1S/C18H27NO4S2/c1-13-9-14(2)11-17(10-13)23-6-4-7-24-15(3)18(20)19-16-5-8-25(21,22)12-16/h9-11,15-16H,4-8,12H2,1-3H3,(H,19,20). The number of aryl methyl sites for hydroxylation is 2. The number of hydrogen-bond acceptors (Lipinski definition) is 5. The van der Waals surface area contributed by atoms with Crippen molar-refractivity contribution in [3.63, 3.8) is 0 Å². The summed E-state index contributed by atoms with van der Waals surface area (Å²) in [6.07, 6.45) is 1.38. The summed E-state index contributed by atoms with van der Waals surface area (Å²) in [5.41, 5.74) is 2.37. The molecular formula is C18H27NO4S2. The Bertz CT molecular complexity index is 683. The second-order valence-corrected chi connectivity index (χ2v) is 10.3. The zero-order valence-corrected chi connectivity index (χ0v) is 16.7. The highest BCUT2D eigenvalue weighted by molar-refractivity contribution is 8.00. The van der Waals surface area contributed by atoms with Crippen LogP contribution in [0.3, 0.4) is 0 Å². The number of thioether (sulfide) groups is 1. The van der Waals surface area contributed by atoms with Gasteiger partial charge in [-0.05, 0) is 62.6 Å². The predicted octanol–water partition coefficient (Wildman–Crippen LogP) is 2.50. The molecule has 5 nitrogen and oxygen atoms in total. The Balaban J connectivity index is 1.63. The van der Waals surface area contributed by atoms with Crippen molar-refractivity contribution in [2.75, 3.05) is 23.9 Å². The quantitative estimate of drug-likeness (QED) is 0.696. The topological polar surface area (TPSA) is 72.5 Å². The molecule has 25 heavy (non-hydrogen) atoms. The summed E-state index contributed by atoms with van der Waals surface area (Å²) in [5.74, 6) is 1.87. The van der Waals surface area contributed by atoms with Gasteiger partial charge in [0.1, 0.15) is 5.75 Å². The molecule has 1 heterocycles. The lowest BCUT2D eigenvalue weighted by atomic mass is 10.1. The second-order valence-electron chi connectivity index (χ2n) is 6.65. The summed E-state index contributed by atoms with van der Waals surface area (Å²) in [4.78, 5) is 12.1. The van der Waals surface area contributed by atoms with Crippen LogP contribution in [0.4, 0.5) is 0 Å². The van der Waals surface area contributed by atoms with E-state index in [-0.39, 0.29) is 28.7 Å². The fourth-order valence-corrected chi connectivity index (χ4v) is 5.36. The van der Waals surface area contributed by atoms with Crippen molar-refractivity contribution in [1.29, 1.82) is 0 Å². The van der Waals surface area contributed by atoms with Crippen LogP contribution < -0.4 is 10.1 Å². The molecule has 0 aromatic heterocycles. The van der Waals surface area contributed by atoms with Gasteiger partial charge in [-0.2, -0.15) is 0 Å². The van der Waals surface area contributed by atoms with E-state index < -0.39 is 9.84 Å². The third-order valence-electron chi connectivity index (χ3n) is 4.07. The number of nitrogens with one attached hydrogen (secondary N) is 1. The van der Waals surface area contributed by atoms with Crippen molar-refractivity contribution in [1.82, 2.24) is 5.32 Å². The Morgan fingerprint density at radius 1 is 1.32 bits per heavy atom. The molecule has 140 valence electrons. The van der Waals surface area contributed by atoms with Crippen LogP contribution in [0, 0.1) is 13.8 Å². The summed E-state index contributed by atoms with van der Waals surface area (Å²) in [6.45, 7) is 6.57. The average molecular weight is 386 g/mol. The lowest BCUT2D eigenvalue weighted by Gasteiger charge is -2.15. The third-order valence-corrected chi connectivity index (χ3v) is 7.07. The number of carbonyl (C=O) groups is 1. The van der Waals surface area contributed by atoms with E-state index in [0.29, 0.717) is 13.0 Å². The van der Waals surface area contributed by atoms with Crippen LogP contribution in [0.5, 0.6) is 5.75 Å². The predicted molar refractivity (Wildman–Crippen MR) is 103 cm³/mol. The molecule has 7 heteroatoms. The van der Waals surface area contributed by atoms with Gasteiger partial charge >= 0.3 is 0 Å². The van der Waals surface area contributed by atoms with Gasteiger partial charge in [0.05, 0.1) is 23.4 Å². The van der Waals surface area contributed by atoms with Gasteiger partial charge in [-0.1, -0.05) is 6.07 Å². The molecule has 1 N–H and O–H groups in total. The number of ether oxygens (including phenoxy) is 1. The Morgan fingerprint density at radius 2 is 2.00 bits per heavy atom. The number of rotatable bonds is 8. The molecule has 0 aliphatic carbocycles. The van der Waals surface area contributed by atoms with Crippen LogP contribution in [0.15, 0.2) is 18.2 Å². The number of hydrogen-bond donors (Lipinski definition) is 1. The lowest BCUT2D eigenvalue weighted by Crippen LogP contribution is -2.40. The van der Waals surface area contributed by atoms with Crippen molar-refractivity contribution in [2.24, 2.45) is 0 Å². The fraction of sp³-hybridized carbons (Fsp3) is 0.611. The molecule has 0 saturated carbocycles. The van der Waals surface area contributed by atoms with Crippen molar-refractivity contribution in [2.45, 2.75) is 44.9 Å². The lowest BCUT2D eigenvalue weighted by molar-refractivity contribution is -0.120. The normalized spacial score (nSPS) is 20.2. The molecule has 2 unspecified atom stereocenters. The summed E-state index contributed by atoms with van der Waals surface area (Å²) in [6, 6.07) is 5.92. The zero-order chi connectivity index (χ0) is 18.4. The smallest absolute Gasteiger partial charge is 0.233 e. The van der Waals surface area contributed by atoms with Crippen LogP contribution >= 0.6 is 11.8 Å². The minimum absolute atomic E-state index is 0.0693. The van der Waals surface area contributed by atoms with Crippen LogP contribution in [0.25, 0.3) is 0 Å². The molecule has 2 rings (SSSR count). The van der Waals surface area contributed by atoms with Gasteiger partial charge in [0.15, 0.2) is 9.84 Å². The van der Waals surface area contributed by atoms with E-state index >= 15 is 0 Å². The molecule has 1 aromatic carbocycles. The Labute approximate surface area is 154 Å². The monoisotopic (exact) mass is 385 g/mol. The minimum atomic E-state index is -2.96. The Morgan fingerprint density at radius 3 is 2.60 bits per heavy atom. The number of amides is 1. The first-order valence-corrected chi connectivity index (χ1v) is 11.5. The second kappa shape index (κ2) is 8.94. The molecule has 0 radical (unpaired) electrons. The van der Waals surface area contributed by atoms with Gasteiger partial charge in [0.2, 0.25) is 5.91 Å². The van der Waals surface area contributed by atoms with Crippen molar-refractivity contribution < 1.29 is 17.9 Å². The molecule has 0 bridgehead atoms. The molecular weight excluding hydrogens is 358 g/mol. The highest BCUT2D eigenvalue weighted by Crippen LogP contribution is 2.18. The van der Waals surface area contributed by atoms with Gasteiger partial charge in [0, 0.05) is 6.04 Å². The summed E-state index contributed by atoms with van der Waals surface area (Å²) in [5, 5.41) is 2.65. The first-order chi connectivity index (χ1) is 11.7. The van der Waals surface area contributed by atoms with Crippen LogP contribution in [0.1, 0.15) is 30.9 Å². The summed E-state index contributed by atoms with van der Waals surface area (Å²) < 4.78 is 28.6. The highest BCUT2D eigenvalue weighted by atomic mass is 32.2. The molecule has 1 aromatic rings. The van der Waals surface area contributed by atoms with E-state index in [1.165, 1.54) is 11.1 Å². The maximum absolute atomic E-state index is 12.1.